The first kappa shape index (κ1) is 20.7. The van der Waals surface area contributed by atoms with Gasteiger partial charge in [-0.25, -0.2) is 0 Å². The van der Waals surface area contributed by atoms with Gasteiger partial charge in [0.1, 0.15) is 11.9 Å². The topological polar surface area (TPSA) is 57.7 Å². The molecule has 0 bridgehead atoms. The number of rotatable bonds is 5. The lowest BCUT2D eigenvalue weighted by molar-refractivity contribution is 0.627. The summed E-state index contributed by atoms with van der Waals surface area (Å²) in [7, 11) is 0. The molecule has 4 aromatic rings. The van der Waals surface area contributed by atoms with E-state index in [-0.39, 0.29) is 0 Å². The molecule has 0 amide bonds. The van der Waals surface area contributed by atoms with Crippen LogP contribution in [-0.2, 0) is 13.0 Å². The first-order valence-electron chi connectivity index (χ1n) is 11.4. The maximum atomic E-state index is 9.86. The molecule has 0 aliphatic carbocycles. The van der Waals surface area contributed by atoms with Crippen molar-refractivity contribution in [1.29, 1.82) is 5.26 Å². The number of anilines is 3. The van der Waals surface area contributed by atoms with Crippen LogP contribution in [0.2, 0.25) is 0 Å². The normalized spacial score (nSPS) is 13.6. The van der Waals surface area contributed by atoms with E-state index in [4.69, 9.17) is 0 Å². The Morgan fingerprint density at radius 1 is 0.788 bits per heavy atom. The Morgan fingerprint density at radius 2 is 1.42 bits per heavy atom. The van der Waals surface area contributed by atoms with Crippen molar-refractivity contribution in [2.24, 2.45) is 0 Å². The van der Waals surface area contributed by atoms with Crippen molar-refractivity contribution in [2.75, 3.05) is 4.90 Å². The van der Waals surface area contributed by atoms with Crippen molar-refractivity contribution in [3.63, 3.8) is 0 Å². The number of nitriles is 1. The highest BCUT2D eigenvalue weighted by atomic mass is 15.3. The summed E-state index contributed by atoms with van der Waals surface area (Å²) >= 11 is 0. The SMILES string of the molecule is N#C/C(=C\c1ccc(N(c2ccccc2)c2ccccc2)cc1)c1nnc2n1CCCCC2. The van der Waals surface area contributed by atoms with Crippen molar-refractivity contribution >= 4 is 28.7 Å². The number of aryl methyl sites for hydroxylation is 1. The number of benzene rings is 3. The zero-order valence-corrected chi connectivity index (χ0v) is 18.4. The predicted octanol–water partition coefficient (Wildman–Crippen LogP) is 6.54. The molecule has 0 saturated heterocycles. The van der Waals surface area contributed by atoms with E-state index >= 15 is 0 Å². The summed E-state index contributed by atoms with van der Waals surface area (Å²) in [4.78, 5) is 2.22. The van der Waals surface area contributed by atoms with Gasteiger partial charge < -0.3 is 9.47 Å². The Kier molecular flexibility index (Phi) is 5.99. The average molecular weight is 432 g/mol. The molecule has 0 unspecified atom stereocenters. The van der Waals surface area contributed by atoms with Crippen LogP contribution in [0.15, 0.2) is 84.9 Å². The van der Waals surface area contributed by atoms with E-state index in [2.05, 4.69) is 62.1 Å². The minimum atomic E-state index is 0.548. The number of aromatic nitrogens is 3. The third-order valence-corrected chi connectivity index (χ3v) is 5.96. The minimum absolute atomic E-state index is 0.548. The lowest BCUT2D eigenvalue weighted by Gasteiger charge is -2.25. The van der Waals surface area contributed by atoms with E-state index in [0.717, 1.165) is 54.3 Å². The van der Waals surface area contributed by atoms with Crippen LogP contribution in [0.3, 0.4) is 0 Å². The molecule has 5 heteroatoms. The van der Waals surface area contributed by atoms with E-state index in [0.29, 0.717) is 11.4 Å². The Hall–Kier alpha value is -4.17. The largest absolute Gasteiger partial charge is 0.311 e. The molecule has 1 aliphatic heterocycles. The van der Waals surface area contributed by atoms with Crippen LogP contribution in [0.4, 0.5) is 17.1 Å². The molecule has 5 nitrogen and oxygen atoms in total. The van der Waals surface area contributed by atoms with Gasteiger partial charge in [0.15, 0.2) is 5.82 Å². The van der Waals surface area contributed by atoms with Crippen molar-refractivity contribution < 1.29 is 0 Å². The van der Waals surface area contributed by atoms with Crippen molar-refractivity contribution in [3.05, 3.63) is 102 Å². The molecule has 0 saturated carbocycles. The van der Waals surface area contributed by atoms with Gasteiger partial charge >= 0.3 is 0 Å². The number of allylic oxidation sites excluding steroid dienone is 1. The maximum Gasteiger partial charge on any atom is 0.174 e. The standard InChI is InChI=1S/C28H25N5/c29-21-23(28-31-30-27-14-8-3-9-19-32(27)28)20-22-15-17-26(18-16-22)33(24-10-4-1-5-11-24)25-12-6-2-7-13-25/h1-2,4-7,10-13,15-18,20H,3,8-9,14,19H2/b23-20+. The number of fused-ring (bicyclic) bond motifs is 1. The molecule has 162 valence electrons. The fourth-order valence-electron chi connectivity index (χ4n) is 4.32. The van der Waals surface area contributed by atoms with Gasteiger partial charge in [-0.15, -0.1) is 10.2 Å². The van der Waals surface area contributed by atoms with Gasteiger partial charge in [0.25, 0.3) is 0 Å². The van der Waals surface area contributed by atoms with Crippen LogP contribution in [-0.4, -0.2) is 14.8 Å². The predicted molar refractivity (Wildman–Crippen MR) is 132 cm³/mol. The Labute approximate surface area is 194 Å². The second-order valence-electron chi connectivity index (χ2n) is 8.17. The fraction of sp³-hybridized carbons (Fsp3) is 0.179. The summed E-state index contributed by atoms with van der Waals surface area (Å²) in [6.45, 7) is 0.874. The van der Waals surface area contributed by atoms with Crippen LogP contribution >= 0.6 is 0 Å². The zero-order chi connectivity index (χ0) is 22.5. The van der Waals surface area contributed by atoms with E-state index in [1.54, 1.807) is 0 Å². The number of hydrogen-bond donors (Lipinski definition) is 0. The Balaban J connectivity index is 1.48. The lowest BCUT2D eigenvalue weighted by atomic mass is 10.1. The van der Waals surface area contributed by atoms with E-state index in [1.165, 1.54) is 6.42 Å². The molecule has 0 N–H and O–H groups in total. The summed E-state index contributed by atoms with van der Waals surface area (Å²) in [6.07, 6.45) is 6.25. The molecule has 1 aliphatic rings. The van der Waals surface area contributed by atoms with Crippen molar-refractivity contribution in [1.82, 2.24) is 14.8 Å². The molecular formula is C28H25N5. The van der Waals surface area contributed by atoms with Crippen LogP contribution in [0.1, 0.15) is 36.5 Å². The first-order valence-corrected chi connectivity index (χ1v) is 11.4. The lowest BCUT2D eigenvalue weighted by Crippen LogP contribution is -2.09. The molecule has 5 rings (SSSR count). The van der Waals surface area contributed by atoms with Gasteiger partial charge in [-0.3, -0.25) is 0 Å². The summed E-state index contributed by atoms with van der Waals surface area (Å²) in [5.41, 5.74) is 4.75. The monoisotopic (exact) mass is 431 g/mol. The summed E-state index contributed by atoms with van der Waals surface area (Å²) in [5.74, 6) is 1.66. The van der Waals surface area contributed by atoms with E-state index in [9.17, 15) is 5.26 Å². The first-order chi connectivity index (χ1) is 16.3. The third kappa shape index (κ3) is 4.42. The van der Waals surface area contributed by atoms with E-state index < -0.39 is 0 Å². The number of hydrogen-bond acceptors (Lipinski definition) is 4. The summed E-state index contributed by atoms with van der Waals surface area (Å²) < 4.78 is 2.11. The molecule has 0 atom stereocenters. The third-order valence-electron chi connectivity index (χ3n) is 5.96. The zero-order valence-electron chi connectivity index (χ0n) is 18.4. The second kappa shape index (κ2) is 9.54. The van der Waals surface area contributed by atoms with Gasteiger partial charge in [-0.1, -0.05) is 55.0 Å². The summed E-state index contributed by atoms with van der Waals surface area (Å²) in [5, 5.41) is 18.6. The van der Waals surface area contributed by atoms with Crippen LogP contribution in [0.25, 0.3) is 11.6 Å². The van der Waals surface area contributed by atoms with Crippen LogP contribution in [0, 0.1) is 11.3 Å². The number of para-hydroxylation sites is 2. The quantitative estimate of drug-likeness (QED) is 0.337. The van der Waals surface area contributed by atoms with Crippen molar-refractivity contribution in [3.8, 4) is 6.07 Å². The molecule has 0 radical (unpaired) electrons. The number of nitrogens with zero attached hydrogens (tertiary/aromatic N) is 5. The van der Waals surface area contributed by atoms with Gasteiger partial charge in [0.05, 0.1) is 5.57 Å². The maximum absolute atomic E-state index is 9.86. The summed E-state index contributed by atoms with van der Waals surface area (Å²) in [6, 6.07) is 31.2. The molecule has 2 heterocycles. The molecule has 33 heavy (non-hydrogen) atoms. The van der Waals surface area contributed by atoms with Gasteiger partial charge in [-0.2, -0.15) is 5.26 Å². The van der Waals surface area contributed by atoms with Crippen LogP contribution in [0.5, 0.6) is 0 Å². The fourth-order valence-corrected chi connectivity index (χ4v) is 4.32. The smallest absolute Gasteiger partial charge is 0.174 e. The molecular weight excluding hydrogens is 406 g/mol. The molecule has 0 spiro atoms. The minimum Gasteiger partial charge on any atom is -0.311 e. The highest BCUT2D eigenvalue weighted by molar-refractivity contribution is 5.87. The van der Waals surface area contributed by atoms with E-state index in [1.807, 2.05) is 54.6 Å². The average Bonchev–Trinajstić information content (AvgIpc) is 3.12. The Bertz CT molecular complexity index is 1240. The second-order valence-corrected chi connectivity index (χ2v) is 8.17. The molecule has 3 aromatic carbocycles. The van der Waals surface area contributed by atoms with Gasteiger partial charge in [-0.05, 0) is 60.9 Å². The molecule has 0 fully saturated rings. The van der Waals surface area contributed by atoms with Gasteiger partial charge in [0, 0.05) is 30.0 Å². The molecule has 1 aromatic heterocycles. The van der Waals surface area contributed by atoms with Gasteiger partial charge in [0.2, 0.25) is 0 Å². The highest BCUT2D eigenvalue weighted by Crippen LogP contribution is 2.34. The highest BCUT2D eigenvalue weighted by Gasteiger charge is 2.18. The Morgan fingerprint density at radius 3 is 2.06 bits per heavy atom. The van der Waals surface area contributed by atoms with Crippen LogP contribution < -0.4 is 4.90 Å². The van der Waals surface area contributed by atoms with Crippen molar-refractivity contribution in [2.45, 2.75) is 32.2 Å².